The molecule has 2 aromatic rings. The molecule has 0 saturated carbocycles. The van der Waals surface area contributed by atoms with Gasteiger partial charge >= 0.3 is 0 Å². The first-order valence-corrected chi connectivity index (χ1v) is 8.19. The maximum absolute atomic E-state index is 6.17. The van der Waals surface area contributed by atoms with Gasteiger partial charge in [-0.15, -0.1) is 11.8 Å². The smallest absolute Gasteiger partial charge is 0.142 e. The van der Waals surface area contributed by atoms with Gasteiger partial charge in [-0.3, -0.25) is 0 Å². The van der Waals surface area contributed by atoms with E-state index in [4.69, 9.17) is 34.8 Å². The number of benzene rings is 1. The van der Waals surface area contributed by atoms with Crippen LogP contribution >= 0.6 is 46.6 Å². The van der Waals surface area contributed by atoms with Gasteiger partial charge < -0.3 is 0 Å². The third-order valence-corrected chi connectivity index (χ3v) is 4.44. The molecule has 2 rings (SSSR count). The van der Waals surface area contributed by atoms with Crippen LogP contribution in [0.2, 0.25) is 15.3 Å². The van der Waals surface area contributed by atoms with E-state index in [0.717, 1.165) is 10.5 Å². The van der Waals surface area contributed by atoms with Gasteiger partial charge in [-0.2, -0.15) is 0 Å². The first-order chi connectivity index (χ1) is 9.47. The van der Waals surface area contributed by atoms with Crippen LogP contribution in [-0.4, -0.2) is 9.97 Å². The van der Waals surface area contributed by atoms with E-state index in [1.165, 1.54) is 0 Å². The topological polar surface area (TPSA) is 25.8 Å². The van der Waals surface area contributed by atoms with Crippen LogP contribution in [0.1, 0.15) is 31.2 Å². The van der Waals surface area contributed by atoms with Crippen molar-refractivity contribution < 1.29 is 0 Å². The van der Waals surface area contributed by atoms with E-state index in [1.54, 1.807) is 11.8 Å². The van der Waals surface area contributed by atoms with Gasteiger partial charge in [0.2, 0.25) is 0 Å². The second-order valence-electron chi connectivity index (χ2n) is 4.54. The van der Waals surface area contributed by atoms with E-state index in [-0.39, 0.29) is 5.92 Å². The summed E-state index contributed by atoms with van der Waals surface area (Å²) in [6, 6.07) is 7.64. The van der Waals surface area contributed by atoms with Crippen LogP contribution < -0.4 is 0 Å². The van der Waals surface area contributed by atoms with Crippen LogP contribution in [0, 0.1) is 0 Å². The van der Waals surface area contributed by atoms with Gasteiger partial charge in [0.1, 0.15) is 16.1 Å². The van der Waals surface area contributed by atoms with Gasteiger partial charge in [0.15, 0.2) is 0 Å². The molecule has 6 heteroatoms. The Labute approximate surface area is 137 Å². The Morgan fingerprint density at radius 1 is 1.10 bits per heavy atom. The highest BCUT2D eigenvalue weighted by Crippen LogP contribution is 2.30. The molecule has 0 fully saturated rings. The largest absolute Gasteiger partial charge is 0.220 e. The fourth-order valence-electron chi connectivity index (χ4n) is 1.70. The second kappa shape index (κ2) is 6.99. The van der Waals surface area contributed by atoms with Gasteiger partial charge in [0.25, 0.3) is 0 Å². The average Bonchev–Trinajstić information content (AvgIpc) is 2.35. The maximum Gasteiger partial charge on any atom is 0.142 e. The minimum absolute atomic E-state index is 0.199. The van der Waals surface area contributed by atoms with Crippen molar-refractivity contribution >= 4 is 46.6 Å². The molecular formula is C14H13Cl3N2S. The molecule has 0 N–H and O–H groups in total. The maximum atomic E-state index is 6.17. The highest BCUT2D eigenvalue weighted by molar-refractivity contribution is 7.98. The quantitative estimate of drug-likeness (QED) is 0.512. The zero-order chi connectivity index (χ0) is 14.7. The molecule has 0 aliphatic carbocycles. The predicted molar refractivity (Wildman–Crippen MR) is 87.2 cm³/mol. The van der Waals surface area contributed by atoms with Gasteiger partial charge in [-0.25, -0.2) is 9.97 Å². The summed E-state index contributed by atoms with van der Waals surface area (Å²) in [6.07, 6.45) is 0. The van der Waals surface area contributed by atoms with E-state index in [1.807, 2.05) is 38.1 Å². The Kier molecular flexibility index (Phi) is 5.56. The summed E-state index contributed by atoms with van der Waals surface area (Å²) in [7, 11) is 0. The lowest BCUT2D eigenvalue weighted by molar-refractivity contribution is 0.837. The summed E-state index contributed by atoms with van der Waals surface area (Å²) in [6.45, 7) is 4.02. The van der Waals surface area contributed by atoms with Crippen molar-refractivity contribution in [3.63, 3.8) is 0 Å². The van der Waals surface area contributed by atoms with Crippen LogP contribution in [0.3, 0.4) is 0 Å². The zero-order valence-electron chi connectivity index (χ0n) is 11.0. The minimum atomic E-state index is 0.199. The lowest BCUT2D eigenvalue weighted by Crippen LogP contribution is -2.01. The average molecular weight is 348 g/mol. The van der Waals surface area contributed by atoms with Crippen LogP contribution in [0.15, 0.2) is 29.2 Å². The molecule has 0 bridgehead atoms. The lowest BCUT2D eigenvalue weighted by atomic mass is 10.1. The molecular weight excluding hydrogens is 335 g/mol. The Morgan fingerprint density at radius 3 is 2.30 bits per heavy atom. The highest BCUT2D eigenvalue weighted by Gasteiger charge is 2.14. The van der Waals surface area contributed by atoms with E-state index in [9.17, 15) is 0 Å². The van der Waals surface area contributed by atoms with Crippen LogP contribution in [-0.2, 0) is 5.75 Å². The number of hydrogen-bond acceptors (Lipinski definition) is 3. The van der Waals surface area contributed by atoms with Crippen molar-refractivity contribution in [2.45, 2.75) is 30.4 Å². The SMILES string of the molecule is CC(C)c1c(Cl)nc(CSc2cccc(Cl)c2)nc1Cl. The Balaban J connectivity index is 2.15. The van der Waals surface area contributed by atoms with Gasteiger partial charge in [0.05, 0.1) is 5.75 Å². The third kappa shape index (κ3) is 4.01. The second-order valence-corrected chi connectivity index (χ2v) is 6.74. The molecule has 0 aliphatic rings. The standard InChI is InChI=1S/C14H13Cl3N2S/c1-8(2)12-13(16)18-11(19-14(12)17)7-20-10-5-3-4-9(15)6-10/h3-6,8H,7H2,1-2H3. The molecule has 1 aromatic carbocycles. The molecule has 1 heterocycles. The van der Waals surface area contributed by atoms with Crippen molar-refractivity contribution in [3.8, 4) is 0 Å². The molecule has 0 radical (unpaired) electrons. The van der Waals surface area contributed by atoms with Gasteiger partial charge in [-0.1, -0.05) is 54.7 Å². The van der Waals surface area contributed by atoms with Crippen LogP contribution in [0.25, 0.3) is 0 Å². The molecule has 106 valence electrons. The summed E-state index contributed by atoms with van der Waals surface area (Å²) in [4.78, 5) is 9.67. The Bertz CT molecular complexity index is 594. The van der Waals surface area contributed by atoms with E-state index < -0.39 is 0 Å². The summed E-state index contributed by atoms with van der Waals surface area (Å²) >= 11 is 19.9. The fourth-order valence-corrected chi connectivity index (χ4v) is 3.63. The molecule has 0 unspecified atom stereocenters. The first kappa shape index (κ1) is 15.9. The highest BCUT2D eigenvalue weighted by atomic mass is 35.5. The summed E-state index contributed by atoms with van der Waals surface area (Å²) in [5, 5.41) is 1.57. The number of hydrogen-bond donors (Lipinski definition) is 0. The van der Waals surface area contributed by atoms with Crippen molar-refractivity contribution in [3.05, 3.63) is 51.0 Å². The fraction of sp³-hybridized carbons (Fsp3) is 0.286. The minimum Gasteiger partial charge on any atom is -0.220 e. The third-order valence-electron chi connectivity index (χ3n) is 2.64. The number of halogens is 3. The zero-order valence-corrected chi connectivity index (χ0v) is 14.1. The van der Waals surface area contributed by atoms with Crippen molar-refractivity contribution in [2.75, 3.05) is 0 Å². The van der Waals surface area contributed by atoms with E-state index in [0.29, 0.717) is 26.9 Å². The molecule has 0 saturated heterocycles. The van der Waals surface area contributed by atoms with E-state index >= 15 is 0 Å². The number of thioether (sulfide) groups is 1. The Morgan fingerprint density at radius 2 is 1.75 bits per heavy atom. The molecule has 0 atom stereocenters. The summed E-state index contributed by atoms with van der Waals surface area (Å²) in [5.74, 6) is 1.41. The Hall–Kier alpha value is -0.480. The first-order valence-electron chi connectivity index (χ1n) is 6.07. The molecule has 0 aliphatic heterocycles. The molecule has 0 amide bonds. The van der Waals surface area contributed by atoms with Crippen molar-refractivity contribution in [2.24, 2.45) is 0 Å². The lowest BCUT2D eigenvalue weighted by Gasteiger charge is -2.10. The van der Waals surface area contributed by atoms with Gasteiger partial charge in [-0.05, 0) is 24.1 Å². The monoisotopic (exact) mass is 346 g/mol. The van der Waals surface area contributed by atoms with Crippen LogP contribution in [0.4, 0.5) is 0 Å². The number of nitrogens with zero attached hydrogens (tertiary/aromatic N) is 2. The molecule has 0 spiro atoms. The number of aromatic nitrogens is 2. The van der Waals surface area contributed by atoms with Crippen molar-refractivity contribution in [1.82, 2.24) is 9.97 Å². The van der Waals surface area contributed by atoms with Gasteiger partial charge in [0, 0.05) is 15.5 Å². The number of rotatable bonds is 4. The van der Waals surface area contributed by atoms with Crippen molar-refractivity contribution in [1.29, 1.82) is 0 Å². The molecule has 20 heavy (non-hydrogen) atoms. The van der Waals surface area contributed by atoms with E-state index in [2.05, 4.69) is 9.97 Å². The summed E-state index contributed by atoms with van der Waals surface area (Å²) < 4.78 is 0. The normalized spacial score (nSPS) is 11.1. The summed E-state index contributed by atoms with van der Waals surface area (Å²) in [5.41, 5.74) is 0.796. The predicted octanol–water partition coefficient (Wildman–Crippen LogP) is 5.85. The molecule has 1 aromatic heterocycles. The molecule has 2 nitrogen and oxygen atoms in total. The van der Waals surface area contributed by atoms with Crippen LogP contribution in [0.5, 0.6) is 0 Å².